The largest absolute Gasteiger partial charge is 0.385 e. The van der Waals surface area contributed by atoms with E-state index in [4.69, 9.17) is 0 Å². The maximum absolute atomic E-state index is 12.3. The van der Waals surface area contributed by atoms with Crippen LogP contribution in [0, 0.1) is 17.3 Å². The summed E-state index contributed by atoms with van der Waals surface area (Å²) in [5.41, 5.74) is 3.36. The summed E-state index contributed by atoms with van der Waals surface area (Å²) in [4.78, 5) is 23.9. The number of Topliss-reactive ketones (excluding diaryl/α,β-unsaturated/α-hetero) is 1. The quantitative estimate of drug-likeness (QED) is 0.743. The van der Waals surface area contributed by atoms with Gasteiger partial charge in [0.1, 0.15) is 6.10 Å². The molecule has 4 atom stereocenters. The van der Waals surface area contributed by atoms with Crippen molar-refractivity contribution in [2.45, 2.75) is 45.1 Å². The van der Waals surface area contributed by atoms with E-state index < -0.39 is 11.5 Å². The molecule has 1 N–H and O–H groups in total. The van der Waals surface area contributed by atoms with Gasteiger partial charge >= 0.3 is 0 Å². The number of ketones is 2. The Morgan fingerprint density at radius 2 is 2.05 bits per heavy atom. The molecule has 1 saturated carbocycles. The van der Waals surface area contributed by atoms with Crippen molar-refractivity contribution in [1.82, 2.24) is 0 Å². The average Bonchev–Trinajstić information content (AvgIpc) is 2.70. The van der Waals surface area contributed by atoms with Crippen LogP contribution >= 0.6 is 0 Å². The van der Waals surface area contributed by atoms with Gasteiger partial charge in [0.05, 0.1) is 5.41 Å². The Kier molecular flexibility index (Phi) is 2.68. The Morgan fingerprint density at radius 3 is 2.86 bits per heavy atom. The fourth-order valence-electron chi connectivity index (χ4n) is 4.83. The molecule has 0 saturated heterocycles. The summed E-state index contributed by atoms with van der Waals surface area (Å²) in [6.45, 7) is 1.98. The first-order valence-corrected chi connectivity index (χ1v) is 7.89. The molecule has 0 aromatic carbocycles. The highest BCUT2D eigenvalue weighted by atomic mass is 16.3. The first-order valence-electron chi connectivity index (χ1n) is 7.89. The fourth-order valence-corrected chi connectivity index (χ4v) is 4.83. The number of aliphatic hydroxyl groups is 1. The Morgan fingerprint density at radius 1 is 1.24 bits per heavy atom. The number of rotatable bonds is 0. The molecule has 0 amide bonds. The SMILES string of the molecule is C[C@]12C=CC3=C4CCC(=O)C=C4CC[C@H]3[C@@H]1C[C@@H](O)C2=O. The monoisotopic (exact) mass is 284 g/mol. The zero-order chi connectivity index (χ0) is 14.8. The van der Waals surface area contributed by atoms with E-state index in [0.29, 0.717) is 18.8 Å². The lowest BCUT2D eigenvalue weighted by atomic mass is 9.61. The molecule has 4 aliphatic carbocycles. The van der Waals surface area contributed by atoms with Gasteiger partial charge in [-0.15, -0.1) is 0 Å². The van der Waals surface area contributed by atoms with Crippen LogP contribution in [0.3, 0.4) is 0 Å². The third kappa shape index (κ3) is 1.70. The van der Waals surface area contributed by atoms with Crippen LogP contribution in [-0.4, -0.2) is 22.8 Å². The van der Waals surface area contributed by atoms with Crippen LogP contribution < -0.4 is 0 Å². The molecular weight excluding hydrogens is 264 g/mol. The van der Waals surface area contributed by atoms with Crippen LogP contribution in [0.25, 0.3) is 0 Å². The molecule has 21 heavy (non-hydrogen) atoms. The van der Waals surface area contributed by atoms with E-state index in [2.05, 4.69) is 6.08 Å². The minimum absolute atomic E-state index is 0.0204. The molecule has 0 aromatic heterocycles. The van der Waals surface area contributed by atoms with Crippen LogP contribution in [0.5, 0.6) is 0 Å². The Bertz CT molecular complexity index is 637. The third-order valence-corrected chi connectivity index (χ3v) is 5.99. The molecule has 0 spiro atoms. The topological polar surface area (TPSA) is 54.4 Å². The van der Waals surface area contributed by atoms with Crippen molar-refractivity contribution in [3.63, 3.8) is 0 Å². The molecule has 0 bridgehead atoms. The van der Waals surface area contributed by atoms with E-state index in [1.807, 2.05) is 19.1 Å². The highest BCUT2D eigenvalue weighted by Crippen LogP contribution is 2.55. The van der Waals surface area contributed by atoms with Crippen molar-refractivity contribution in [3.05, 3.63) is 34.9 Å². The minimum atomic E-state index is -0.807. The highest BCUT2D eigenvalue weighted by Gasteiger charge is 2.55. The second-order valence-electron chi connectivity index (χ2n) is 7.05. The van der Waals surface area contributed by atoms with Gasteiger partial charge in [-0.3, -0.25) is 9.59 Å². The number of aliphatic hydroxyl groups excluding tert-OH is 1. The lowest BCUT2D eigenvalue weighted by Crippen LogP contribution is -2.37. The molecule has 0 aliphatic heterocycles. The average molecular weight is 284 g/mol. The molecule has 0 heterocycles. The van der Waals surface area contributed by atoms with Crippen molar-refractivity contribution in [2.24, 2.45) is 17.3 Å². The third-order valence-electron chi connectivity index (χ3n) is 5.99. The molecular formula is C18H20O3. The standard InChI is InChI=1S/C18H20O3/c1-18-7-6-13-12-5-3-11(19)8-10(12)2-4-14(13)15(18)9-16(20)17(18)21/h6-8,14-16,20H,2-5,9H2,1H3/t14-,15+,16-,18+/m1/s1. The molecule has 4 rings (SSSR count). The molecule has 4 aliphatic rings. The maximum Gasteiger partial charge on any atom is 0.171 e. The number of fused-ring (bicyclic) bond motifs is 4. The zero-order valence-corrected chi connectivity index (χ0v) is 12.3. The van der Waals surface area contributed by atoms with Crippen LogP contribution in [0.1, 0.15) is 39.0 Å². The van der Waals surface area contributed by atoms with Crippen molar-refractivity contribution in [1.29, 1.82) is 0 Å². The van der Waals surface area contributed by atoms with Crippen molar-refractivity contribution in [2.75, 3.05) is 0 Å². The Hall–Kier alpha value is -1.48. The Labute approximate surface area is 124 Å². The lowest BCUT2D eigenvalue weighted by molar-refractivity contribution is -0.130. The summed E-state index contributed by atoms with van der Waals surface area (Å²) in [5, 5.41) is 10.00. The molecule has 110 valence electrons. The normalized spacial score (nSPS) is 41.6. The van der Waals surface area contributed by atoms with Crippen LogP contribution in [-0.2, 0) is 9.59 Å². The van der Waals surface area contributed by atoms with E-state index in [-0.39, 0.29) is 17.5 Å². The number of carbonyl (C=O) groups is 2. The first-order chi connectivity index (χ1) is 10.0. The molecule has 0 aromatic rings. The van der Waals surface area contributed by atoms with Crippen molar-refractivity contribution >= 4 is 11.6 Å². The van der Waals surface area contributed by atoms with Crippen LogP contribution in [0.2, 0.25) is 0 Å². The van der Waals surface area contributed by atoms with E-state index >= 15 is 0 Å². The first kappa shape index (κ1) is 13.2. The van der Waals surface area contributed by atoms with Gasteiger partial charge in [-0.05, 0) is 67.2 Å². The van der Waals surface area contributed by atoms with Gasteiger partial charge < -0.3 is 5.11 Å². The lowest BCUT2D eigenvalue weighted by Gasteiger charge is -2.42. The number of allylic oxidation sites excluding steroid dienone is 6. The van der Waals surface area contributed by atoms with Gasteiger partial charge in [0.15, 0.2) is 11.6 Å². The predicted molar refractivity (Wildman–Crippen MR) is 78.4 cm³/mol. The van der Waals surface area contributed by atoms with Crippen LogP contribution in [0.15, 0.2) is 34.9 Å². The Balaban J connectivity index is 1.83. The fraction of sp³-hybridized carbons (Fsp3) is 0.556. The number of carbonyl (C=O) groups excluding carboxylic acids is 2. The smallest absolute Gasteiger partial charge is 0.171 e. The highest BCUT2D eigenvalue weighted by molar-refractivity contribution is 5.94. The van der Waals surface area contributed by atoms with Crippen LogP contribution in [0.4, 0.5) is 0 Å². The second kappa shape index (κ2) is 4.26. The zero-order valence-electron chi connectivity index (χ0n) is 12.3. The molecule has 3 heteroatoms. The number of hydrogen-bond donors (Lipinski definition) is 1. The summed E-state index contributed by atoms with van der Waals surface area (Å²) in [6, 6.07) is 0. The van der Waals surface area contributed by atoms with Gasteiger partial charge in [0.2, 0.25) is 0 Å². The van der Waals surface area contributed by atoms with Crippen molar-refractivity contribution < 1.29 is 14.7 Å². The maximum atomic E-state index is 12.3. The second-order valence-corrected chi connectivity index (χ2v) is 7.05. The van der Waals surface area contributed by atoms with Gasteiger partial charge in [0, 0.05) is 6.42 Å². The van der Waals surface area contributed by atoms with E-state index in [9.17, 15) is 14.7 Å². The summed E-state index contributed by atoms with van der Waals surface area (Å²) >= 11 is 0. The van der Waals surface area contributed by atoms with Gasteiger partial charge in [0.25, 0.3) is 0 Å². The molecule has 0 radical (unpaired) electrons. The molecule has 0 unspecified atom stereocenters. The molecule has 3 nitrogen and oxygen atoms in total. The summed E-state index contributed by atoms with van der Waals surface area (Å²) in [5.74, 6) is 0.796. The van der Waals surface area contributed by atoms with E-state index in [0.717, 1.165) is 19.3 Å². The van der Waals surface area contributed by atoms with Gasteiger partial charge in [-0.2, -0.15) is 0 Å². The summed E-state index contributed by atoms with van der Waals surface area (Å²) in [6.07, 6.45) is 9.07. The number of hydrogen-bond acceptors (Lipinski definition) is 3. The van der Waals surface area contributed by atoms with Gasteiger partial charge in [-0.1, -0.05) is 12.2 Å². The molecule has 1 fully saturated rings. The summed E-state index contributed by atoms with van der Waals surface area (Å²) < 4.78 is 0. The minimum Gasteiger partial charge on any atom is -0.385 e. The van der Waals surface area contributed by atoms with Gasteiger partial charge in [-0.25, -0.2) is 0 Å². The van der Waals surface area contributed by atoms with E-state index in [1.54, 1.807) is 0 Å². The van der Waals surface area contributed by atoms with E-state index in [1.165, 1.54) is 16.7 Å². The summed E-state index contributed by atoms with van der Waals surface area (Å²) in [7, 11) is 0. The predicted octanol–water partition coefficient (Wildman–Crippen LogP) is 2.51. The van der Waals surface area contributed by atoms with Crippen molar-refractivity contribution in [3.8, 4) is 0 Å².